The van der Waals surface area contributed by atoms with Crippen LogP contribution in [0.25, 0.3) is 0 Å². The molecule has 5 nitrogen and oxygen atoms in total. The third kappa shape index (κ3) is 4.76. The van der Waals surface area contributed by atoms with Crippen LogP contribution < -0.4 is 10.2 Å². The number of hydrogen-bond donors (Lipinski definition) is 1. The fraction of sp³-hybridized carbons (Fsp3) is 0.357. The van der Waals surface area contributed by atoms with Gasteiger partial charge >= 0.3 is 5.97 Å². The number of carbonyl (C=O) groups is 2. The van der Waals surface area contributed by atoms with E-state index < -0.39 is 5.92 Å². The first-order chi connectivity index (χ1) is 16.2. The van der Waals surface area contributed by atoms with Gasteiger partial charge < -0.3 is 15.0 Å². The molecule has 178 valence electrons. The Labute approximate surface area is 206 Å². The van der Waals surface area contributed by atoms with E-state index in [9.17, 15) is 9.59 Å². The molecule has 0 saturated heterocycles. The average molecular weight is 479 g/mol. The van der Waals surface area contributed by atoms with Gasteiger partial charge in [0.1, 0.15) is 0 Å². The molecule has 2 aromatic rings. The number of nitrogens with one attached hydrogen (secondary N) is 1. The van der Waals surface area contributed by atoms with E-state index in [0.29, 0.717) is 29.0 Å². The highest BCUT2D eigenvalue weighted by molar-refractivity contribution is 6.30. The number of hydrogen-bond acceptors (Lipinski definition) is 5. The molecule has 1 N–H and O–H groups in total. The van der Waals surface area contributed by atoms with Crippen molar-refractivity contribution in [3.05, 3.63) is 87.2 Å². The first-order valence-electron chi connectivity index (χ1n) is 11.6. The van der Waals surface area contributed by atoms with Crippen molar-refractivity contribution in [2.24, 2.45) is 0 Å². The second kappa shape index (κ2) is 9.67. The summed E-state index contributed by atoms with van der Waals surface area (Å²) < 4.78 is 5.60. The minimum absolute atomic E-state index is 0.0535. The zero-order valence-electron chi connectivity index (χ0n) is 20.3. The Morgan fingerprint density at radius 1 is 1.03 bits per heavy atom. The minimum Gasteiger partial charge on any atom is -0.460 e. The van der Waals surface area contributed by atoms with Gasteiger partial charge in [0.2, 0.25) is 0 Å². The summed E-state index contributed by atoms with van der Waals surface area (Å²) in [5, 5.41) is 4.07. The molecule has 0 radical (unpaired) electrons. The lowest BCUT2D eigenvalue weighted by atomic mass is 9.71. The van der Waals surface area contributed by atoms with Gasteiger partial charge in [0.15, 0.2) is 5.78 Å². The number of Topliss-reactive ketones (excluding diaryl/α,β-unsaturated/α-hetero) is 1. The molecule has 0 spiro atoms. The van der Waals surface area contributed by atoms with E-state index in [-0.39, 0.29) is 23.8 Å². The first-order valence-corrected chi connectivity index (χ1v) is 12.0. The van der Waals surface area contributed by atoms with Crippen LogP contribution >= 0.6 is 11.6 Å². The molecule has 1 aliphatic carbocycles. The normalized spacial score (nSPS) is 20.3. The van der Waals surface area contributed by atoms with Crippen molar-refractivity contribution in [1.29, 1.82) is 0 Å². The zero-order chi connectivity index (χ0) is 24.6. The Balaban J connectivity index is 1.78. The SMILES string of the molecule is CC1=C(C(=O)OC(C)C)[C@@H](c2ccc(N(C)C)cc2)C2=C(C[C@H](c3ccc(Cl)cc3)CC2=O)N1. The predicted molar refractivity (Wildman–Crippen MR) is 136 cm³/mol. The van der Waals surface area contributed by atoms with Gasteiger partial charge in [-0.25, -0.2) is 4.79 Å². The second-order valence-corrected chi connectivity index (χ2v) is 9.95. The summed E-state index contributed by atoms with van der Waals surface area (Å²) >= 11 is 6.07. The lowest BCUT2D eigenvalue weighted by molar-refractivity contribution is -0.143. The Kier molecular flexibility index (Phi) is 6.85. The van der Waals surface area contributed by atoms with Crippen LogP contribution in [0.4, 0.5) is 5.69 Å². The molecule has 1 aliphatic heterocycles. The topological polar surface area (TPSA) is 58.6 Å². The number of rotatable bonds is 5. The molecule has 1 heterocycles. The van der Waals surface area contributed by atoms with Crippen molar-refractivity contribution >= 4 is 29.0 Å². The fourth-order valence-corrected chi connectivity index (χ4v) is 4.98. The van der Waals surface area contributed by atoms with Crippen LogP contribution in [-0.2, 0) is 14.3 Å². The van der Waals surface area contributed by atoms with Gasteiger partial charge in [-0.1, -0.05) is 35.9 Å². The predicted octanol–water partition coefficient (Wildman–Crippen LogP) is 5.72. The summed E-state index contributed by atoms with van der Waals surface area (Å²) in [5.74, 6) is -0.735. The molecule has 0 aromatic heterocycles. The second-order valence-electron chi connectivity index (χ2n) is 9.51. The average Bonchev–Trinajstić information content (AvgIpc) is 2.78. The number of benzene rings is 2. The molecule has 0 amide bonds. The summed E-state index contributed by atoms with van der Waals surface area (Å²) in [6, 6.07) is 15.7. The van der Waals surface area contributed by atoms with Crippen molar-refractivity contribution in [3.8, 4) is 0 Å². The molecule has 0 unspecified atom stereocenters. The maximum atomic E-state index is 13.6. The number of ketones is 1. The van der Waals surface area contributed by atoms with Crippen LogP contribution in [0.3, 0.4) is 0 Å². The maximum absolute atomic E-state index is 13.6. The molecule has 6 heteroatoms. The highest BCUT2D eigenvalue weighted by Gasteiger charge is 2.41. The van der Waals surface area contributed by atoms with Crippen LogP contribution in [0, 0.1) is 0 Å². The van der Waals surface area contributed by atoms with E-state index in [1.807, 2.05) is 88.3 Å². The summed E-state index contributed by atoms with van der Waals surface area (Å²) in [7, 11) is 3.97. The minimum atomic E-state index is -0.461. The van der Waals surface area contributed by atoms with E-state index in [1.54, 1.807) is 0 Å². The van der Waals surface area contributed by atoms with Crippen LogP contribution in [-0.4, -0.2) is 32.0 Å². The van der Waals surface area contributed by atoms with Gasteiger partial charge in [0.25, 0.3) is 0 Å². The van der Waals surface area contributed by atoms with Gasteiger partial charge in [0.05, 0.1) is 11.7 Å². The van der Waals surface area contributed by atoms with Gasteiger partial charge in [0, 0.05) is 54.1 Å². The number of allylic oxidation sites excluding steroid dienone is 3. The quantitative estimate of drug-likeness (QED) is 0.557. The lowest BCUT2D eigenvalue weighted by Crippen LogP contribution is -2.36. The Morgan fingerprint density at radius 2 is 1.65 bits per heavy atom. The molecule has 0 bridgehead atoms. The van der Waals surface area contributed by atoms with Crippen LogP contribution in [0.1, 0.15) is 56.6 Å². The Hall–Kier alpha value is -3.05. The Bertz CT molecular complexity index is 1160. The van der Waals surface area contributed by atoms with Crippen molar-refractivity contribution in [1.82, 2.24) is 5.32 Å². The fourth-order valence-electron chi connectivity index (χ4n) is 4.86. The lowest BCUT2D eigenvalue weighted by Gasteiger charge is -2.37. The van der Waals surface area contributed by atoms with E-state index >= 15 is 0 Å². The van der Waals surface area contributed by atoms with E-state index in [1.165, 1.54) is 0 Å². The molecule has 0 saturated carbocycles. The molecule has 0 fully saturated rings. The molecule has 34 heavy (non-hydrogen) atoms. The zero-order valence-corrected chi connectivity index (χ0v) is 21.1. The molecular formula is C28H31ClN2O3. The summed E-state index contributed by atoms with van der Waals surface area (Å²) in [5.41, 5.74) is 5.84. The van der Waals surface area contributed by atoms with Crippen molar-refractivity contribution in [3.63, 3.8) is 0 Å². The van der Waals surface area contributed by atoms with Gasteiger partial charge in [-0.2, -0.15) is 0 Å². The highest BCUT2D eigenvalue weighted by atomic mass is 35.5. The third-order valence-electron chi connectivity index (χ3n) is 6.47. The van der Waals surface area contributed by atoms with E-state index in [2.05, 4.69) is 5.32 Å². The summed E-state index contributed by atoms with van der Waals surface area (Å²) in [4.78, 5) is 28.9. The van der Waals surface area contributed by atoms with Gasteiger partial charge in [-0.05, 0) is 68.5 Å². The maximum Gasteiger partial charge on any atom is 0.337 e. The van der Waals surface area contributed by atoms with Crippen LogP contribution in [0.5, 0.6) is 0 Å². The number of carbonyl (C=O) groups excluding carboxylic acids is 2. The number of dihydropyridines is 1. The standard InChI is InChI=1S/C28H31ClN2O3/c1-16(2)34-28(33)25-17(3)30-23-14-20(18-6-10-21(29)11-7-18)15-24(32)27(23)26(25)19-8-12-22(13-9-19)31(4)5/h6-13,16,20,26,30H,14-15H2,1-5H3/t20-,26+/m0/s1. The first kappa shape index (κ1) is 24.1. The molecule has 2 atom stereocenters. The number of ether oxygens (including phenoxy) is 1. The highest BCUT2D eigenvalue weighted by Crippen LogP contribution is 2.46. The largest absolute Gasteiger partial charge is 0.460 e. The molecular weight excluding hydrogens is 448 g/mol. The number of anilines is 1. The van der Waals surface area contributed by atoms with Crippen molar-refractivity contribution in [2.45, 2.75) is 51.6 Å². The number of nitrogens with zero attached hydrogens (tertiary/aromatic N) is 1. The van der Waals surface area contributed by atoms with E-state index in [0.717, 1.165) is 28.2 Å². The number of halogens is 1. The van der Waals surface area contributed by atoms with Gasteiger partial charge in [-0.3, -0.25) is 4.79 Å². The molecule has 2 aromatic carbocycles. The van der Waals surface area contributed by atoms with Crippen LogP contribution in [0.15, 0.2) is 71.1 Å². The van der Waals surface area contributed by atoms with Gasteiger partial charge in [-0.15, -0.1) is 0 Å². The molecule has 4 rings (SSSR count). The van der Waals surface area contributed by atoms with Crippen LogP contribution in [0.2, 0.25) is 5.02 Å². The smallest absolute Gasteiger partial charge is 0.337 e. The van der Waals surface area contributed by atoms with Crippen molar-refractivity contribution < 1.29 is 14.3 Å². The third-order valence-corrected chi connectivity index (χ3v) is 6.73. The van der Waals surface area contributed by atoms with E-state index in [4.69, 9.17) is 16.3 Å². The number of esters is 1. The summed E-state index contributed by atoms with van der Waals surface area (Å²) in [6.45, 7) is 5.55. The Morgan fingerprint density at radius 3 is 2.24 bits per heavy atom. The summed E-state index contributed by atoms with van der Waals surface area (Å²) in [6.07, 6.45) is 0.829. The molecule has 2 aliphatic rings. The van der Waals surface area contributed by atoms with Crippen molar-refractivity contribution in [2.75, 3.05) is 19.0 Å². The monoisotopic (exact) mass is 478 g/mol.